The minimum Gasteiger partial charge on any atom is -0.355 e. The third-order valence-corrected chi connectivity index (χ3v) is 5.08. The van der Waals surface area contributed by atoms with Crippen molar-refractivity contribution in [1.29, 1.82) is 0 Å². The SMILES string of the molecule is O=C(NCCSc1nonc1C(=Nc1ccc(F)c(Br)c1)NO)C1CC1. The molecule has 1 aliphatic rings. The number of hydrogen-bond acceptors (Lipinski definition) is 7. The number of halogens is 2. The predicted octanol–water partition coefficient (Wildman–Crippen LogP) is 2.65. The second-order valence-corrected chi connectivity index (χ2v) is 7.44. The summed E-state index contributed by atoms with van der Waals surface area (Å²) in [7, 11) is 0. The molecule has 1 aromatic carbocycles. The second kappa shape index (κ2) is 8.60. The Bertz CT molecular complexity index is 827. The summed E-state index contributed by atoms with van der Waals surface area (Å²) < 4.78 is 18.3. The van der Waals surface area contributed by atoms with Crippen LogP contribution in [0.25, 0.3) is 0 Å². The Kier molecular flexibility index (Phi) is 6.22. The highest BCUT2D eigenvalue weighted by Gasteiger charge is 2.29. The quantitative estimate of drug-likeness (QED) is 0.198. The Balaban J connectivity index is 1.65. The lowest BCUT2D eigenvalue weighted by Gasteiger charge is -2.05. The molecule has 0 atom stereocenters. The van der Waals surface area contributed by atoms with E-state index >= 15 is 0 Å². The third kappa shape index (κ3) is 4.80. The molecule has 1 heterocycles. The first kappa shape index (κ1) is 18.8. The number of nitrogens with one attached hydrogen (secondary N) is 2. The van der Waals surface area contributed by atoms with Crippen LogP contribution in [-0.4, -0.2) is 39.6 Å². The van der Waals surface area contributed by atoms with Gasteiger partial charge in [0.15, 0.2) is 16.6 Å². The molecule has 3 N–H and O–H groups in total. The summed E-state index contributed by atoms with van der Waals surface area (Å²) in [5, 5.41) is 20.2. The highest BCUT2D eigenvalue weighted by atomic mass is 79.9. The van der Waals surface area contributed by atoms with Gasteiger partial charge in [-0.1, -0.05) is 11.8 Å². The number of hydroxylamine groups is 1. The molecule has 8 nitrogen and oxygen atoms in total. The summed E-state index contributed by atoms with van der Waals surface area (Å²) in [6, 6.07) is 4.16. The maximum absolute atomic E-state index is 13.3. The molecule has 1 fully saturated rings. The fourth-order valence-corrected chi connectivity index (χ4v) is 3.17. The highest BCUT2D eigenvalue weighted by molar-refractivity contribution is 9.10. The fourth-order valence-electron chi connectivity index (χ4n) is 2.05. The van der Waals surface area contributed by atoms with Crippen LogP contribution >= 0.6 is 27.7 Å². The van der Waals surface area contributed by atoms with Gasteiger partial charge >= 0.3 is 0 Å². The minimum atomic E-state index is -0.421. The molecule has 26 heavy (non-hydrogen) atoms. The Morgan fingerprint density at radius 2 is 2.27 bits per heavy atom. The average Bonchev–Trinajstić information content (AvgIpc) is 3.39. The molecule has 0 radical (unpaired) electrons. The molecular weight excluding hydrogens is 429 g/mol. The number of amidine groups is 1. The summed E-state index contributed by atoms with van der Waals surface area (Å²) in [4.78, 5) is 15.8. The smallest absolute Gasteiger partial charge is 0.223 e. The molecule has 0 unspecified atom stereocenters. The maximum atomic E-state index is 13.3. The monoisotopic (exact) mass is 443 g/mol. The minimum absolute atomic E-state index is 0.00859. The number of aromatic nitrogens is 2. The number of thioether (sulfide) groups is 1. The van der Waals surface area contributed by atoms with Gasteiger partial charge in [0.25, 0.3) is 0 Å². The van der Waals surface area contributed by atoms with Crippen LogP contribution in [0.1, 0.15) is 18.5 Å². The maximum Gasteiger partial charge on any atom is 0.223 e. The number of benzene rings is 1. The number of amides is 1. The normalized spacial score (nSPS) is 14.3. The van der Waals surface area contributed by atoms with E-state index in [1.54, 1.807) is 0 Å². The molecule has 0 saturated heterocycles. The van der Waals surface area contributed by atoms with Gasteiger partial charge in [0.1, 0.15) is 5.82 Å². The van der Waals surface area contributed by atoms with E-state index in [0.717, 1.165) is 12.8 Å². The van der Waals surface area contributed by atoms with Crippen molar-refractivity contribution in [3.63, 3.8) is 0 Å². The van der Waals surface area contributed by atoms with Crippen LogP contribution in [0.4, 0.5) is 10.1 Å². The predicted molar refractivity (Wildman–Crippen MR) is 96.0 cm³/mol. The zero-order valence-corrected chi connectivity index (χ0v) is 15.8. The van der Waals surface area contributed by atoms with Crippen molar-refractivity contribution < 1.29 is 19.0 Å². The summed E-state index contributed by atoms with van der Waals surface area (Å²) in [5.41, 5.74) is 2.56. The van der Waals surface area contributed by atoms with Crippen LogP contribution in [-0.2, 0) is 4.79 Å². The summed E-state index contributed by atoms with van der Waals surface area (Å²) in [5.74, 6) is 0.381. The van der Waals surface area contributed by atoms with Crippen LogP contribution in [0, 0.1) is 11.7 Å². The van der Waals surface area contributed by atoms with Crippen molar-refractivity contribution in [3.8, 4) is 0 Å². The Hall–Kier alpha value is -1.98. The molecule has 11 heteroatoms. The van der Waals surface area contributed by atoms with Crippen LogP contribution in [0.5, 0.6) is 0 Å². The number of hydrogen-bond donors (Lipinski definition) is 3. The highest BCUT2D eigenvalue weighted by Crippen LogP contribution is 2.29. The molecule has 1 amide bonds. The lowest BCUT2D eigenvalue weighted by atomic mass is 10.3. The van der Waals surface area contributed by atoms with Gasteiger partial charge in [-0.25, -0.2) is 14.0 Å². The van der Waals surface area contributed by atoms with Gasteiger partial charge in [0.05, 0.1) is 10.2 Å². The van der Waals surface area contributed by atoms with Gasteiger partial charge in [-0.15, -0.1) is 0 Å². The zero-order valence-electron chi connectivity index (χ0n) is 13.4. The van der Waals surface area contributed by atoms with Crippen molar-refractivity contribution >= 4 is 45.1 Å². The first-order chi connectivity index (χ1) is 12.6. The van der Waals surface area contributed by atoms with Crippen LogP contribution in [0.15, 0.2) is 37.3 Å². The molecule has 1 saturated carbocycles. The molecule has 0 aliphatic heterocycles. The van der Waals surface area contributed by atoms with E-state index in [-0.39, 0.29) is 27.8 Å². The van der Waals surface area contributed by atoms with E-state index in [9.17, 15) is 14.4 Å². The molecular formula is C15H15BrFN5O3S. The van der Waals surface area contributed by atoms with Gasteiger partial charge in [0.2, 0.25) is 5.91 Å². The van der Waals surface area contributed by atoms with Crippen molar-refractivity contribution in [3.05, 3.63) is 34.2 Å². The molecule has 2 aromatic rings. The lowest BCUT2D eigenvalue weighted by Crippen LogP contribution is -2.27. The molecule has 3 rings (SSSR count). The van der Waals surface area contributed by atoms with E-state index in [0.29, 0.717) is 23.0 Å². The topological polar surface area (TPSA) is 113 Å². The molecule has 138 valence electrons. The van der Waals surface area contributed by atoms with E-state index in [2.05, 4.69) is 36.6 Å². The summed E-state index contributed by atoms with van der Waals surface area (Å²) >= 11 is 4.38. The van der Waals surface area contributed by atoms with Crippen molar-refractivity contribution in [2.75, 3.05) is 12.3 Å². The van der Waals surface area contributed by atoms with Crippen LogP contribution in [0.2, 0.25) is 0 Å². The second-order valence-electron chi connectivity index (χ2n) is 5.50. The van der Waals surface area contributed by atoms with E-state index in [1.807, 2.05) is 5.48 Å². The number of carbonyl (C=O) groups is 1. The fraction of sp³-hybridized carbons (Fsp3) is 0.333. The van der Waals surface area contributed by atoms with E-state index in [1.165, 1.54) is 30.0 Å². The molecule has 0 spiro atoms. The Morgan fingerprint density at radius 3 is 2.96 bits per heavy atom. The summed E-state index contributed by atoms with van der Waals surface area (Å²) in [6.45, 7) is 0.482. The van der Waals surface area contributed by atoms with Crippen molar-refractivity contribution in [1.82, 2.24) is 21.1 Å². The number of nitrogens with zero attached hydrogens (tertiary/aromatic N) is 3. The first-order valence-electron chi connectivity index (χ1n) is 7.75. The summed E-state index contributed by atoms with van der Waals surface area (Å²) in [6.07, 6.45) is 1.91. The van der Waals surface area contributed by atoms with Crippen molar-refractivity contribution in [2.45, 2.75) is 17.9 Å². The lowest BCUT2D eigenvalue weighted by molar-refractivity contribution is -0.122. The van der Waals surface area contributed by atoms with Gasteiger partial charge in [-0.05, 0) is 57.3 Å². The van der Waals surface area contributed by atoms with Gasteiger partial charge in [-0.3, -0.25) is 15.5 Å². The number of aliphatic imine (C=N–C) groups is 1. The standard InChI is InChI=1S/C15H15BrFN5O3S/c16-10-7-9(3-4-11(10)17)19-13(20-24)12-15(22-25-21-12)26-6-5-18-14(23)8-1-2-8/h3-4,7-8,24H,1-2,5-6H2,(H,18,23)(H,19,20). The van der Waals surface area contributed by atoms with Crippen molar-refractivity contribution in [2.24, 2.45) is 10.9 Å². The Morgan fingerprint density at radius 1 is 1.46 bits per heavy atom. The van der Waals surface area contributed by atoms with Crippen LogP contribution in [0.3, 0.4) is 0 Å². The van der Waals surface area contributed by atoms with E-state index in [4.69, 9.17) is 4.63 Å². The zero-order chi connectivity index (χ0) is 18.5. The average molecular weight is 444 g/mol. The molecule has 0 bridgehead atoms. The van der Waals surface area contributed by atoms with Gasteiger partial charge in [-0.2, -0.15) is 0 Å². The van der Waals surface area contributed by atoms with Gasteiger partial charge in [0, 0.05) is 18.2 Å². The molecule has 1 aliphatic carbocycles. The number of carbonyl (C=O) groups excluding carboxylic acids is 1. The Labute approximate surface area is 160 Å². The largest absolute Gasteiger partial charge is 0.355 e. The van der Waals surface area contributed by atoms with Gasteiger partial charge < -0.3 is 5.32 Å². The number of rotatable bonds is 7. The first-order valence-corrected chi connectivity index (χ1v) is 9.53. The van der Waals surface area contributed by atoms with E-state index < -0.39 is 5.82 Å². The van der Waals surface area contributed by atoms with Crippen LogP contribution < -0.4 is 10.8 Å². The third-order valence-electron chi connectivity index (χ3n) is 3.52. The molecule has 1 aromatic heterocycles.